The third kappa shape index (κ3) is 2.39. The lowest BCUT2D eigenvalue weighted by Gasteiger charge is -2.32. The lowest BCUT2D eigenvalue weighted by molar-refractivity contribution is -0.152. The van der Waals surface area contributed by atoms with Crippen LogP contribution in [0.25, 0.3) is 0 Å². The number of hydrogen-bond donors (Lipinski definition) is 0. The van der Waals surface area contributed by atoms with Gasteiger partial charge >= 0.3 is 5.97 Å². The lowest BCUT2D eigenvalue weighted by atomic mass is 9.94. The van der Waals surface area contributed by atoms with Gasteiger partial charge in [-0.15, -0.1) is 0 Å². The summed E-state index contributed by atoms with van der Waals surface area (Å²) in [6, 6.07) is 8.41. The van der Waals surface area contributed by atoms with Crippen molar-refractivity contribution < 1.29 is 17.9 Å². The molecular formula is C17H23NO4S. The molecule has 2 heterocycles. The molecule has 0 aromatic heterocycles. The normalized spacial score (nSPS) is 31.0. The zero-order valence-electron chi connectivity index (χ0n) is 13.6. The van der Waals surface area contributed by atoms with E-state index >= 15 is 0 Å². The fraction of sp³-hybridized carbons (Fsp3) is 0.588. The Morgan fingerprint density at radius 3 is 2.65 bits per heavy atom. The molecule has 0 bridgehead atoms. The van der Waals surface area contributed by atoms with Crippen LogP contribution in [0.1, 0.15) is 32.6 Å². The van der Waals surface area contributed by atoms with E-state index in [-0.39, 0.29) is 12.0 Å². The number of esters is 1. The Kier molecular flexibility index (Phi) is 4.23. The molecule has 0 aliphatic carbocycles. The van der Waals surface area contributed by atoms with Crippen LogP contribution in [0.15, 0.2) is 35.2 Å². The maximum Gasteiger partial charge on any atom is 0.326 e. The van der Waals surface area contributed by atoms with Crippen LogP contribution >= 0.6 is 0 Å². The van der Waals surface area contributed by atoms with Gasteiger partial charge in [-0.2, -0.15) is 0 Å². The van der Waals surface area contributed by atoms with Crippen LogP contribution in [0, 0.1) is 0 Å². The second-order valence-corrected chi connectivity index (χ2v) is 8.56. The molecule has 2 fully saturated rings. The lowest BCUT2D eigenvalue weighted by Crippen LogP contribution is -2.49. The van der Waals surface area contributed by atoms with Crippen molar-refractivity contribution in [3.63, 3.8) is 0 Å². The highest BCUT2D eigenvalue weighted by Gasteiger charge is 2.61. The molecule has 3 atom stereocenters. The standard InChI is InChI=1S/C17H23NO4S/c1-3-14-15(23(20,21)13-8-5-4-6-9-13)12-17(16(19)22-2)10-7-11-18(14)17/h4-6,8-9,14-15H,3,7,10-12H2,1-2H3/t14-,15-,17+/m0/s1. The first kappa shape index (κ1) is 16.5. The number of nitrogens with zero attached hydrogens (tertiary/aromatic N) is 1. The molecule has 2 saturated heterocycles. The van der Waals surface area contributed by atoms with E-state index in [4.69, 9.17) is 4.74 Å². The maximum atomic E-state index is 13.1. The van der Waals surface area contributed by atoms with Crippen molar-refractivity contribution in [3.05, 3.63) is 30.3 Å². The van der Waals surface area contributed by atoms with Crippen molar-refractivity contribution in [2.75, 3.05) is 13.7 Å². The zero-order valence-corrected chi connectivity index (χ0v) is 14.4. The summed E-state index contributed by atoms with van der Waals surface area (Å²) in [6.45, 7) is 2.75. The number of rotatable bonds is 4. The van der Waals surface area contributed by atoms with Gasteiger partial charge in [-0.05, 0) is 44.4 Å². The van der Waals surface area contributed by atoms with Crippen LogP contribution in [0.2, 0.25) is 0 Å². The van der Waals surface area contributed by atoms with E-state index in [1.54, 1.807) is 30.3 Å². The molecule has 126 valence electrons. The molecule has 0 amide bonds. The first-order chi connectivity index (χ1) is 11.0. The summed E-state index contributed by atoms with van der Waals surface area (Å²) in [6.07, 6.45) is 2.62. The smallest absolute Gasteiger partial charge is 0.326 e. The van der Waals surface area contributed by atoms with Gasteiger partial charge in [0.2, 0.25) is 0 Å². The number of carbonyl (C=O) groups excluding carboxylic acids is 1. The minimum absolute atomic E-state index is 0.137. The number of methoxy groups -OCH3 is 1. The molecule has 23 heavy (non-hydrogen) atoms. The van der Waals surface area contributed by atoms with Gasteiger partial charge in [-0.3, -0.25) is 9.69 Å². The molecule has 5 nitrogen and oxygen atoms in total. The van der Waals surface area contributed by atoms with Crippen molar-refractivity contribution in [1.29, 1.82) is 0 Å². The molecular weight excluding hydrogens is 314 g/mol. The van der Waals surface area contributed by atoms with Crippen LogP contribution in [0.3, 0.4) is 0 Å². The number of ether oxygens (including phenoxy) is 1. The van der Waals surface area contributed by atoms with Gasteiger partial charge in [-0.1, -0.05) is 25.1 Å². The summed E-state index contributed by atoms with van der Waals surface area (Å²) in [5.41, 5.74) is -0.762. The Hall–Kier alpha value is -1.40. The van der Waals surface area contributed by atoms with Crippen LogP contribution in [-0.2, 0) is 19.4 Å². The van der Waals surface area contributed by atoms with E-state index in [1.807, 2.05) is 6.92 Å². The Morgan fingerprint density at radius 2 is 2.04 bits per heavy atom. The molecule has 0 N–H and O–H groups in total. The zero-order chi connectivity index (χ0) is 16.7. The molecule has 0 saturated carbocycles. The van der Waals surface area contributed by atoms with Gasteiger partial charge < -0.3 is 4.74 Å². The highest BCUT2D eigenvalue weighted by Crippen LogP contribution is 2.47. The van der Waals surface area contributed by atoms with Crippen molar-refractivity contribution in [3.8, 4) is 0 Å². The molecule has 1 aromatic rings. The van der Waals surface area contributed by atoms with Crippen LogP contribution in [0.5, 0.6) is 0 Å². The summed E-state index contributed by atoms with van der Waals surface area (Å²) >= 11 is 0. The second-order valence-electron chi connectivity index (χ2n) is 6.40. The Balaban J connectivity index is 2.03. The van der Waals surface area contributed by atoms with Gasteiger partial charge in [0.15, 0.2) is 9.84 Å². The predicted octanol–water partition coefficient (Wildman–Crippen LogP) is 2.02. The molecule has 0 radical (unpaired) electrons. The van der Waals surface area contributed by atoms with E-state index in [9.17, 15) is 13.2 Å². The molecule has 3 rings (SSSR count). The fourth-order valence-electron chi connectivity index (χ4n) is 4.35. The minimum Gasteiger partial charge on any atom is -0.468 e. The maximum absolute atomic E-state index is 13.1. The summed E-state index contributed by atoms with van der Waals surface area (Å²) in [5.74, 6) is -0.292. The number of benzene rings is 1. The first-order valence-corrected chi connectivity index (χ1v) is 9.66. The summed E-state index contributed by atoms with van der Waals surface area (Å²) in [5, 5.41) is -0.561. The number of sulfone groups is 1. The molecule has 1 aromatic carbocycles. The molecule has 2 aliphatic heterocycles. The fourth-order valence-corrected chi connectivity index (χ4v) is 6.48. The summed E-state index contributed by atoms with van der Waals surface area (Å²) in [7, 11) is -2.09. The Labute approximate surface area is 137 Å². The molecule has 0 spiro atoms. The Bertz CT molecular complexity index is 688. The second kappa shape index (κ2) is 5.91. The minimum atomic E-state index is -3.47. The van der Waals surface area contributed by atoms with Gasteiger partial charge in [0, 0.05) is 6.04 Å². The third-order valence-electron chi connectivity index (χ3n) is 5.36. The number of hydrogen-bond acceptors (Lipinski definition) is 5. The van der Waals surface area contributed by atoms with Crippen LogP contribution < -0.4 is 0 Å². The number of fused-ring (bicyclic) bond motifs is 1. The predicted molar refractivity (Wildman–Crippen MR) is 86.8 cm³/mol. The van der Waals surface area contributed by atoms with Crippen LogP contribution in [0.4, 0.5) is 0 Å². The summed E-state index contributed by atoms with van der Waals surface area (Å²) < 4.78 is 31.2. The van der Waals surface area contributed by atoms with E-state index in [0.717, 1.165) is 13.0 Å². The largest absolute Gasteiger partial charge is 0.468 e. The van der Waals surface area contributed by atoms with Crippen molar-refractivity contribution in [2.45, 2.75) is 54.3 Å². The molecule has 0 unspecified atom stereocenters. The van der Waals surface area contributed by atoms with E-state index < -0.39 is 20.6 Å². The number of carbonyl (C=O) groups is 1. The quantitative estimate of drug-likeness (QED) is 0.787. The summed E-state index contributed by atoms with van der Waals surface area (Å²) in [4.78, 5) is 14.9. The topological polar surface area (TPSA) is 63.7 Å². The monoisotopic (exact) mass is 337 g/mol. The third-order valence-corrected chi connectivity index (χ3v) is 7.57. The van der Waals surface area contributed by atoms with Gasteiger partial charge in [0.25, 0.3) is 0 Å². The van der Waals surface area contributed by atoms with Gasteiger partial charge in [-0.25, -0.2) is 8.42 Å². The first-order valence-electron chi connectivity index (χ1n) is 8.11. The van der Waals surface area contributed by atoms with E-state index in [1.165, 1.54) is 7.11 Å². The van der Waals surface area contributed by atoms with E-state index in [2.05, 4.69) is 4.90 Å². The molecule has 6 heteroatoms. The highest BCUT2D eigenvalue weighted by molar-refractivity contribution is 7.92. The molecule has 2 aliphatic rings. The van der Waals surface area contributed by atoms with Gasteiger partial charge in [0.1, 0.15) is 5.54 Å². The van der Waals surface area contributed by atoms with E-state index in [0.29, 0.717) is 24.2 Å². The van der Waals surface area contributed by atoms with Crippen molar-refractivity contribution >= 4 is 15.8 Å². The van der Waals surface area contributed by atoms with Gasteiger partial charge in [0.05, 0.1) is 17.3 Å². The highest BCUT2D eigenvalue weighted by atomic mass is 32.2. The Morgan fingerprint density at radius 1 is 1.35 bits per heavy atom. The van der Waals surface area contributed by atoms with Crippen molar-refractivity contribution in [1.82, 2.24) is 4.90 Å². The average Bonchev–Trinajstić information content (AvgIpc) is 3.12. The SMILES string of the molecule is CC[C@H]1[C@@H](S(=O)(=O)c2ccccc2)C[C@@]2(C(=O)OC)CCCN12. The van der Waals surface area contributed by atoms with Crippen LogP contribution in [-0.4, -0.2) is 49.8 Å². The van der Waals surface area contributed by atoms with Crippen molar-refractivity contribution in [2.24, 2.45) is 0 Å². The average molecular weight is 337 g/mol.